The molecule has 0 saturated heterocycles. The van der Waals surface area contributed by atoms with Gasteiger partial charge in [0.2, 0.25) is 5.82 Å². The number of hydrogen-bond acceptors (Lipinski definition) is 3. The predicted molar refractivity (Wildman–Crippen MR) is 72.6 cm³/mol. The second-order valence-corrected chi connectivity index (χ2v) is 5.57. The SMILES string of the molecule is CC1CCC(Nc2ccc([N+](=O)[O-])c(F)c2)C(C)C1. The minimum Gasteiger partial charge on any atom is -0.382 e. The van der Waals surface area contributed by atoms with E-state index in [1.54, 1.807) is 6.07 Å². The van der Waals surface area contributed by atoms with Crippen LogP contribution in [0.3, 0.4) is 0 Å². The molecule has 0 amide bonds. The van der Waals surface area contributed by atoms with Gasteiger partial charge in [-0.25, -0.2) is 0 Å². The van der Waals surface area contributed by atoms with Crippen LogP contribution in [0.2, 0.25) is 0 Å². The van der Waals surface area contributed by atoms with Crippen LogP contribution in [-0.4, -0.2) is 11.0 Å². The van der Waals surface area contributed by atoms with Gasteiger partial charge in [0.15, 0.2) is 0 Å². The molecule has 0 heterocycles. The van der Waals surface area contributed by atoms with Gasteiger partial charge in [-0.3, -0.25) is 10.1 Å². The highest BCUT2D eigenvalue weighted by Gasteiger charge is 2.25. The van der Waals surface area contributed by atoms with E-state index in [1.165, 1.54) is 12.1 Å². The average Bonchev–Trinajstić information content (AvgIpc) is 2.32. The molecule has 1 saturated carbocycles. The fourth-order valence-corrected chi connectivity index (χ4v) is 2.84. The number of rotatable bonds is 3. The van der Waals surface area contributed by atoms with Gasteiger partial charge >= 0.3 is 5.69 Å². The van der Waals surface area contributed by atoms with Gasteiger partial charge in [0.1, 0.15) is 0 Å². The number of nitro benzene ring substituents is 1. The largest absolute Gasteiger partial charge is 0.382 e. The Balaban J connectivity index is 2.07. The Morgan fingerprint density at radius 3 is 2.68 bits per heavy atom. The second-order valence-electron chi connectivity index (χ2n) is 5.57. The van der Waals surface area contributed by atoms with Crippen LogP contribution in [0, 0.1) is 27.8 Å². The number of hydrogen-bond donors (Lipinski definition) is 1. The number of halogens is 1. The minimum absolute atomic E-state index is 0.317. The van der Waals surface area contributed by atoms with Crippen LogP contribution in [-0.2, 0) is 0 Å². The van der Waals surface area contributed by atoms with Crippen LogP contribution in [0.1, 0.15) is 33.1 Å². The summed E-state index contributed by atoms with van der Waals surface area (Å²) in [6, 6.07) is 4.32. The predicted octanol–water partition coefficient (Wildman–Crippen LogP) is 3.97. The lowest BCUT2D eigenvalue weighted by Crippen LogP contribution is -2.33. The maximum absolute atomic E-state index is 13.5. The quantitative estimate of drug-likeness (QED) is 0.665. The number of nitrogens with one attached hydrogen (secondary N) is 1. The molecular formula is C14H19FN2O2. The molecular weight excluding hydrogens is 247 g/mol. The molecule has 19 heavy (non-hydrogen) atoms. The highest BCUT2D eigenvalue weighted by Crippen LogP contribution is 2.31. The van der Waals surface area contributed by atoms with E-state index in [4.69, 9.17) is 0 Å². The van der Waals surface area contributed by atoms with Gasteiger partial charge in [0, 0.05) is 23.9 Å². The van der Waals surface area contributed by atoms with E-state index < -0.39 is 16.4 Å². The molecule has 1 aromatic carbocycles. The van der Waals surface area contributed by atoms with Crippen molar-refractivity contribution >= 4 is 11.4 Å². The van der Waals surface area contributed by atoms with Crippen molar-refractivity contribution in [3.63, 3.8) is 0 Å². The summed E-state index contributed by atoms with van der Waals surface area (Å²) >= 11 is 0. The van der Waals surface area contributed by atoms with E-state index in [9.17, 15) is 14.5 Å². The maximum Gasteiger partial charge on any atom is 0.304 e. The first-order valence-electron chi connectivity index (χ1n) is 6.68. The highest BCUT2D eigenvalue weighted by molar-refractivity contribution is 5.50. The fourth-order valence-electron chi connectivity index (χ4n) is 2.84. The van der Waals surface area contributed by atoms with Crippen LogP contribution in [0.4, 0.5) is 15.8 Å². The van der Waals surface area contributed by atoms with Crippen molar-refractivity contribution in [2.75, 3.05) is 5.32 Å². The molecule has 5 heteroatoms. The summed E-state index contributed by atoms with van der Waals surface area (Å²) in [6.07, 6.45) is 3.38. The Kier molecular flexibility index (Phi) is 4.02. The van der Waals surface area contributed by atoms with E-state index in [1.807, 2.05) is 0 Å². The van der Waals surface area contributed by atoms with E-state index >= 15 is 0 Å². The Labute approximate surface area is 112 Å². The zero-order valence-electron chi connectivity index (χ0n) is 11.2. The van der Waals surface area contributed by atoms with Crippen molar-refractivity contribution in [3.05, 3.63) is 34.1 Å². The third-order valence-corrected chi connectivity index (χ3v) is 3.93. The number of nitro groups is 1. The Morgan fingerprint density at radius 1 is 1.37 bits per heavy atom. The first-order valence-corrected chi connectivity index (χ1v) is 6.68. The van der Waals surface area contributed by atoms with Gasteiger partial charge in [-0.05, 0) is 37.2 Å². The molecule has 104 valence electrons. The molecule has 1 N–H and O–H groups in total. The Hall–Kier alpha value is -1.65. The highest BCUT2D eigenvalue weighted by atomic mass is 19.1. The van der Waals surface area contributed by atoms with Gasteiger partial charge in [0.25, 0.3) is 0 Å². The maximum atomic E-state index is 13.5. The van der Waals surface area contributed by atoms with E-state index in [0.29, 0.717) is 17.6 Å². The standard InChI is InChI=1S/C14H19FN2O2/c1-9-3-5-13(10(2)7-9)16-11-4-6-14(17(18)19)12(15)8-11/h4,6,8-10,13,16H,3,5,7H2,1-2H3. The van der Waals surface area contributed by atoms with Crippen LogP contribution in [0.25, 0.3) is 0 Å². The summed E-state index contributed by atoms with van der Waals surface area (Å²) in [5, 5.41) is 13.9. The minimum atomic E-state index is -0.785. The van der Waals surface area contributed by atoms with Crippen molar-refractivity contribution in [2.45, 2.75) is 39.2 Å². The molecule has 2 rings (SSSR count). The summed E-state index contributed by atoms with van der Waals surface area (Å²) in [5.74, 6) is 0.482. The molecule has 3 unspecified atom stereocenters. The summed E-state index contributed by atoms with van der Waals surface area (Å²) in [7, 11) is 0. The summed E-state index contributed by atoms with van der Waals surface area (Å²) < 4.78 is 13.5. The van der Waals surface area contributed by atoms with Gasteiger partial charge in [-0.15, -0.1) is 0 Å². The van der Waals surface area contributed by atoms with Crippen molar-refractivity contribution in [3.8, 4) is 0 Å². The molecule has 4 nitrogen and oxygen atoms in total. The molecule has 1 aliphatic carbocycles. The van der Waals surface area contributed by atoms with Crippen molar-refractivity contribution < 1.29 is 9.31 Å². The lowest BCUT2D eigenvalue weighted by atomic mass is 9.80. The molecule has 0 aliphatic heterocycles. The number of benzene rings is 1. The lowest BCUT2D eigenvalue weighted by Gasteiger charge is -2.33. The van der Waals surface area contributed by atoms with E-state index in [2.05, 4.69) is 19.2 Å². The topological polar surface area (TPSA) is 55.2 Å². The monoisotopic (exact) mass is 266 g/mol. The van der Waals surface area contributed by atoms with Gasteiger partial charge in [0.05, 0.1) is 4.92 Å². The van der Waals surface area contributed by atoms with Crippen LogP contribution < -0.4 is 5.32 Å². The first kappa shape index (κ1) is 13.8. The summed E-state index contributed by atoms with van der Waals surface area (Å²) in [5.41, 5.74) is 0.144. The van der Waals surface area contributed by atoms with Gasteiger partial charge in [-0.2, -0.15) is 4.39 Å². The second kappa shape index (κ2) is 5.55. The van der Waals surface area contributed by atoms with E-state index in [-0.39, 0.29) is 0 Å². The summed E-state index contributed by atoms with van der Waals surface area (Å²) in [4.78, 5) is 9.85. The summed E-state index contributed by atoms with van der Waals surface area (Å²) in [6.45, 7) is 4.44. The fraction of sp³-hybridized carbons (Fsp3) is 0.571. The molecule has 1 aromatic rings. The average molecular weight is 266 g/mol. The molecule has 3 atom stereocenters. The van der Waals surface area contributed by atoms with Crippen LogP contribution in [0.5, 0.6) is 0 Å². The van der Waals surface area contributed by atoms with Crippen LogP contribution >= 0.6 is 0 Å². The van der Waals surface area contributed by atoms with Crippen molar-refractivity contribution in [1.82, 2.24) is 0 Å². The normalized spacial score (nSPS) is 27.0. The van der Waals surface area contributed by atoms with Gasteiger partial charge < -0.3 is 5.32 Å². The Bertz CT molecular complexity index is 479. The third-order valence-electron chi connectivity index (χ3n) is 3.93. The van der Waals surface area contributed by atoms with E-state index in [0.717, 1.165) is 25.2 Å². The number of anilines is 1. The van der Waals surface area contributed by atoms with Crippen LogP contribution in [0.15, 0.2) is 18.2 Å². The number of nitrogens with zero attached hydrogens (tertiary/aromatic N) is 1. The smallest absolute Gasteiger partial charge is 0.304 e. The zero-order chi connectivity index (χ0) is 14.0. The molecule has 0 aromatic heterocycles. The first-order chi connectivity index (χ1) is 8.97. The molecule has 1 aliphatic rings. The third kappa shape index (κ3) is 3.22. The molecule has 0 spiro atoms. The zero-order valence-corrected chi connectivity index (χ0v) is 11.2. The molecule has 0 bridgehead atoms. The van der Waals surface area contributed by atoms with Crippen molar-refractivity contribution in [2.24, 2.45) is 11.8 Å². The van der Waals surface area contributed by atoms with Gasteiger partial charge in [-0.1, -0.05) is 13.8 Å². The molecule has 0 radical (unpaired) electrons. The molecule has 1 fully saturated rings. The Morgan fingerprint density at radius 2 is 2.11 bits per heavy atom. The lowest BCUT2D eigenvalue weighted by molar-refractivity contribution is -0.387. The van der Waals surface area contributed by atoms with Crippen molar-refractivity contribution in [1.29, 1.82) is 0 Å².